The number of fused-ring (bicyclic) bond motifs is 1. The Kier molecular flexibility index (Phi) is 3.87. The zero-order valence-electron chi connectivity index (χ0n) is 10.1. The third-order valence-corrected chi connectivity index (χ3v) is 3.20. The van der Waals surface area contributed by atoms with Gasteiger partial charge in [0.15, 0.2) is 0 Å². The lowest BCUT2D eigenvalue weighted by molar-refractivity contribution is -0.117. The number of carbonyl (C=O) groups is 2. The summed E-state index contributed by atoms with van der Waals surface area (Å²) in [7, 11) is 0. The minimum absolute atomic E-state index is 0.212. The molecule has 0 aliphatic carbocycles. The Bertz CT molecular complexity index is 476. The SMILES string of the molecule is CC1Cc2ccccc2N(C(=O)NC(=O)CCl)C1. The molecule has 5 heteroatoms. The van der Waals surface area contributed by atoms with E-state index in [9.17, 15) is 9.59 Å². The van der Waals surface area contributed by atoms with Gasteiger partial charge in [0, 0.05) is 12.2 Å². The number of benzene rings is 1. The molecular formula is C13H15ClN2O2. The van der Waals surface area contributed by atoms with Crippen LogP contribution in [-0.4, -0.2) is 24.4 Å². The van der Waals surface area contributed by atoms with Gasteiger partial charge in [-0.3, -0.25) is 15.0 Å². The summed E-state index contributed by atoms with van der Waals surface area (Å²) in [6.45, 7) is 2.69. The molecule has 18 heavy (non-hydrogen) atoms. The molecular weight excluding hydrogens is 252 g/mol. The molecule has 0 fully saturated rings. The first-order chi connectivity index (χ1) is 8.61. The summed E-state index contributed by atoms with van der Waals surface area (Å²) in [5.74, 6) is -0.314. The van der Waals surface area contributed by atoms with Crippen molar-refractivity contribution < 1.29 is 9.59 Å². The maximum Gasteiger partial charge on any atom is 0.328 e. The largest absolute Gasteiger partial charge is 0.328 e. The maximum absolute atomic E-state index is 12.0. The van der Waals surface area contributed by atoms with Crippen molar-refractivity contribution in [1.82, 2.24) is 5.32 Å². The number of alkyl halides is 1. The Labute approximate surface area is 111 Å². The molecule has 2 rings (SSSR count). The van der Waals surface area contributed by atoms with Crippen LogP contribution in [0.5, 0.6) is 0 Å². The van der Waals surface area contributed by atoms with Gasteiger partial charge in [0.05, 0.1) is 0 Å². The highest BCUT2D eigenvalue weighted by Gasteiger charge is 2.26. The van der Waals surface area contributed by atoms with Gasteiger partial charge >= 0.3 is 6.03 Å². The van der Waals surface area contributed by atoms with E-state index < -0.39 is 11.9 Å². The highest BCUT2D eigenvalue weighted by molar-refractivity contribution is 6.28. The minimum Gasteiger partial charge on any atom is -0.294 e. The molecule has 3 amide bonds. The van der Waals surface area contributed by atoms with Crippen molar-refractivity contribution in [3.63, 3.8) is 0 Å². The van der Waals surface area contributed by atoms with E-state index in [2.05, 4.69) is 12.2 Å². The standard InChI is InChI=1S/C13H15ClN2O2/c1-9-6-10-4-2-3-5-11(10)16(8-9)13(18)15-12(17)7-14/h2-5,9H,6-8H2,1H3,(H,15,17,18). The summed E-state index contributed by atoms with van der Waals surface area (Å²) in [6.07, 6.45) is 0.948. The number of halogens is 1. The van der Waals surface area contributed by atoms with E-state index in [1.54, 1.807) is 4.90 Å². The third kappa shape index (κ3) is 2.64. The van der Waals surface area contributed by atoms with E-state index in [1.165, 1.54) is 0 Å². The molecule has 1 aromatic carbocycles. The first-order valence-corrected chi connectivity index (χ1v) is 6.40. The van der Waals surface area contributed by atoms with Gasteiger partial charge in [-0.2, -0.15) is 0 Å². The fourth-order valence-corrected chi connectivity index (χ4v) is 2.28. The Morgan fingerprint density at radius 2 is 2.17 bits per heavy atom. The number of amides is 3. The molecule has 1 atom stereocenters. The molecule has 0 bridgehead atoms. The second-order valence-corrected chi connectivity index (χ2v) is 4.80. The highest BCUT2D eigenvalue weighted by Crippen LogP contribution is 2.29. The van der Waals surface area contributed by atoms with E-state index in [4.69, 9.17) is 11.6 Å². The van der Waals surface area contributed by atoms with Gasteiger partial charge in [0.2, 0.25) is 5.91 Å². The van der Waals surface area contributed by atoms with Crippen LogP contribution < -0.4 is 10.2 Å². The number of rotatable bonds is 1. The summed E-state index contributed by atoms with van der Waals surface area (Å²) in [4.78, 5) is 24.8. The molecule has 1 aliphatic rings. The fraction of sp³-hybridized carbons (Fsp3) is 0.385. The Hall–Kier alpha value is -1.55. The lowest BCUT2D eigenvalue weighted by Gasteiger charge is -2.32. The van der Waals surface area contributed by atoms with E-state index in [-0.39, 0.29) is 5.88 Å². The quantitative estimate of drug-likeness (QED) is 0.792. The van der Waals surface area contributed by atoms with Crippen molar-refractivity contribution in [1.29, 1.82) is 0 Å². The van der Waals surface area contributed by atoms with Gasteiger partial charge < -0.3 is 0 Å². The van der Waals surface area contributed by atoms with Crippen molar-refractivity contribution in [2.75, 3.05) is 17.3 Å². The number of nitrogens with one attached hydrogen (secondary N) is 1. The van der Waals surface area contributed by atoms with E-state index in [0.29, 0.717) is 12.5 Å². The van der Waals surface area contributed by atoms with Crippen LogP contribution in [0.25, 0.3) is 0 Å². The van der Waals surface area contributed by atoms with Gasteiger partial charge in [-0.1, -0.05) is 25.1 Å². The van der Waals surface area contributed by atoms with Crippen LogP contribution in [0, 0.1) is 5.92 Å². The zero-order valence-corrected chi connectivity index (χ0v) is 10.9. The third-order valence-electron chi connectivity index (χ3n) is 2.96. The fourth-order valence-electron chi connectivity index (χ4n) is 2.21. The van der Waals surface area contributed by atoms with Crippen LogP contribution in [0.2, 0.25) is 0 Å². The summed E-state index contributed by atoms with van der Waals surface area (Å²) < 4.78 is 0. The van der Waals surface area contributed by atoms with Crippen LogP contribution in [0.3, 0.4) is 0 Å². The zero-order chi connectivity index (χ0) is 13.1. The van der Waals surface area contributed by atoms with Crippen LogP contribution >= 0.6 is 11.6 Å². The first-order valence-electron chi connectivity index (χ1n) is 5.87. The summed E-state index contributed by atoms with van der Waals surface area (Å²) in [5.41, 5.74) is 2.00. The smallest absolute Gasteiger partial charge is 0.294 e. The lowest BCUT2D eigenvalue weighted by atomic mass is 9.94. The average Bonchev–Trinajstić information content (AvgIpc) is 2.37. The molecule has 0 radical (unpaired) electrons. The molecule has 1 aliphatic heterocycles. The first kappa shape index (κ1) is 12.9. The molecule has 0 spiro atoms. The molecule has 1 heterocycles. The Morgan fingerprint density at radius 1 is 1.44 bits per heavy atom. The van der Waals surface area contributed by atoms with Crippen molar-refractivity contribution in [3.8, 4) is 0 Å². The predicted octanol–water partition coefficient (Wildman–Crippen LogP) is 2.16. The number of urea groups is 1. The van der Waals surface area contributed by atoms with E-state index in [0.717, 1.165) is 17.7 Å². The molecule has 0 aromatic heterocycles. The van der Waals surface area contributed by atoms with Gasteiger partial charge in [0.25, 0.3) is 0 Å². The number of imide groups is 1. The minimum atomic E-state index is -0.475. The number of hydrogen-bond acceptors (Lipinski definition) is 2. The molecule has 0 saturated carbocycles. The Balaban J connectivity index is 2.23. The summed E-state index contributed by atoms with van der Waals surface area (Å²) >= 11 is 5.38. The number of carbonyl (C=O) groups excluding carboxylic acids is 2. The van der Waals surface area contributed by atoms with Crippen LogP contribution in [0.4, 0.5) is 10.5 Å². The highest BCUT2D eigenvalue weighted by atomic mass is 35.5. The van der Waals surface area contributed by atoms with Gasteiger partial charge in [-0.25, -0.2) is 4.79 Å². The topological polar surface area (TPSA) is 49.4 Å². The number of hydrogen-bond donors (Lipinski definition) is 1. The summed E-state index contributed by atoms with van der Waals surface area (Å²) in [5, 5.41) is 2.28. The van der Waals surface area contributed by atoms with Crippen molar-refractivity contribution >= 4 is 29.2 Å². The second-order valence-electron chi connectivity index (χ2n) is 4.54. The Morgan fingerprint density at radius 3 is 2.89 bits per heavy atom. The summed E-state index contributed by atoms with van der Waals surface area (Å²) in [6, 6.07) is 7.34. The van der Waals surface area contributed by atoms with E-state index in [1.807, 2.05) is 24.3 Å². The maximum atomic E-state index is 12.0. The monoisotopic (exact) mass is 266 g/mol. The molecule has 1 aromatic rings. The van der Waals surface area contributed by atoms with Crippen molar-refractivity contribution in [3.05, 3.63) is 29.8 Å². The molecule has 96 valence electrons. The van der Waals surface area contributed by atoms with Crippen molar-refractivity contribution in [2.45, 2.75) is 13.3 Å². The molecule has 4 nitrogen and oxygen atoms in total. The predicted molar refractivity (Wildman–Crippen MR) is 70.9 cm³/mol. The van der Waals surface area contributed by atoms with Crippen LogP contribution in [-0.2, 0) is 11.2 Å². The number of para-hydroxylation sites is 1. The average molecular weight is 267 g/mol. The lowest BCUT2D eigenvalue weighted by Crippen LogP contribution is -2.47. The van der Waals surface area contributed by atoms with Gasteiger partial charge in [0.1, 0.15) is 5.88 Å². The normalized spacial score (nSPS) is 18.1. The van der Waals surface area contributed by atoms with Gasteiger partial charge in [-0.05, 0) is 24.0 Å². The molecule has 0 saturated heterocycles. The number of anilines is 1. The molecule has 1 N–H and O–H groups in total. The van der Waals surface area contributed by atoms with E-state index >= 15 is 0 Å². The molecule has 1 unspecified atom stereocenters. The van der Waals surface area contributed by atoms with Gasteiger partial charge in [-0.15, -0.1) is 11.6 Å². The van der Waals surface area contributed by atoms with Crippen LogP contribution in [0.15, 0.2) is 24.3 Å². The second kappa shape index (κ2) is 5.40. The van der Waals surface area contributed by atoms with Crippen LogP contribution in [0.1, 0.15) is 12.5 Å². The van der Waals surface area contributed by atoms with Crippen molar-refractivity contribution in [2.24, 2.45) is 5.92 Å². The number of nitrogens with zero attached hydrogens (tertiary/aromatic N) is 1.